The molecular weight excluding hydrogens is 281 g/mol. The molecule has 0 heterocycles. The Bertz CT molecular complexity index is 287. The molecule has 1 saturated carbocycles. The molecule has 3 nitrogen and oxygen atoms in total. The molecule has 3 N–H and O–H groups in total. The first-order chi connectivity index (χ1) is 8.34. The lowest BCUT2D eigenvalue weighted by atomic mass is 9.81. The predicted molar refractivity (Wildman–Crippen MR) is 70.0 cm³/mol. The molecule has 3 atom stereocenters. The molecule has 19 heavy (non-hydrogen) atoms. The molecule has 0 aromatic carbocycles. The van der Waals surface area contributed by atoms with Gasteiger partial charge in [-0.05, 0) is 25.2 Å². The lowest BCUT2D eigenvalue weighted by Gasteiger charge is -2.30. The number of alkyl halides is 3. The third-order valence-electron chi connectivity index (χ3n) is 3.61. The van der Waals surface area contributed by atoms with E-state index in [0.29, 0.717) is 13.0 Å². The van der Waals surface area contributed by atoms with Crippen LogP contribution in [0.5, 0.6) is 0 Å². The molecule has 3 unspecified atom stereocenters. The fourth-order valence-electron chi connectivity index (χ4n) is 2.30. The van der Waals surface area contributed by atoms with Crippen molar-refractivity contribution in [1.29, 1.82) is 0 Å². The highest BCUT2D eigenvalue weighted by molar-refractivity contribution is 5.85. The summed E-state index contributed by atoms with van der Waals surface area (Å²) in [5.41, 5.74) is 5.35. The third-order valence-corrected chi connectivity index (χ3v) is 3.61. The number of hydrogen-bond donors (Lipinski definition) is 2. The Balaban J connectivity index is 0.00000324. The first-order valence-corrected chi connectivity index (χ1v) is 6.39. The molecule has 0 bridgehead atoms. The minimum Gasteiger partial charge on any atom is -0.356 e. The molecule has 1 fully saturated rings. The number of nitrogens with one attached hydrogen (secondary N) is 1. The van der Waals surface area contributed by atoms with Crippen LogP contribution in [0.15, 0.2) is 0 Å². The molecule has 1 aliphatic rings. The largest absolute Gasteiger partial charge is 0.391 e. The zero-order chi connectivity index (χ0) is 13.8. The SMILES string of the molecule is CC(CN)C(=O)NCC1CCCC(C(F)(F)F)C1.Cl. The minimum atomic E-state index is -4.10. The lowest BCUT2D eigenvalue weighted by Crippen LogP contribution is -2.38. The van der Waals surface area contributed by atoms with Crippen LogP contribution in [0.3, 0.4) is 0 Å². The Morgan fingerprint density at radius 1 is 1.42 bits per heavy atom. The zero-order valence-electron chi connectivity index (χ0n) is 11.0. The maximum absolute atomic E-state index is 12.6. The average Bonchev–Trinajstić information content (AvgIpc) is 2.34. The first kappa shape index (κ1) is 18.5. The maximum atomic E-state index is 12.6. The number of hydrogen-bond acceptors (Lipinski definition) is 2. The van der Waals surface area contributed by atoms with E-state index in [1.54, 1.807) is 6.92 Å². The van der Waals surface area contributed by atoms with Crippen LogP contribution in [0.25, 0.3) is 0 Å². The summed E-state index contributed by atoms with van der Waals surface area (Å²) < 4.78 is 37.8. The molecule has 1 aliphatic carbocycles. The fraction of sp³-hybridized carbons (Fsp3) is 0.917. The molecule has 1 amide bonds. The van der Waals surface area contributed by atoms with E-state index < -0.39 is 12.1 Å². The zero-order valence-corrected chi connectivity index (χ0v) is 11.8. The highest BCUT2D eigenvalue weighted by Gasteiger charge is 2.42. The molecule has 0 aromatic heterocycles. The smallest absolute Gasteiger partial charge is 0.356 e. The molecule has 0 radical (unpaired) electrons. The van der Waals surface area contributed by atoms with Gasteiger partial charge in [-0.2, -0.15) is 13.2 Å². The topological polar surface area (TPSA) is 55.1 Å². The summed E-state index contributed by atoms with van der Waals surface area (Å²) in [6, 6.07) is 0. The van der Waals surface area contributed by atoms with E-state index >= 15 is 0 Å². The number of carbonyl (C=O) groups excluding carboxylic acids is 1. The van der Waals surface area contributed by atoms with Crippen molar-refractivity contribution in [2.75, 3.05) is 13.1 Å². The van der Waals surface area contributed by atoms with E-state index in [9.17, 15) is 18.0 Å². The number of rotatable bonds is 4. The Kier molecular flexibility index (Phi) is 7.74. The van der Waals surface area contributed by atoms with Gasteiger partial charge in [0.15, 0.2) is 0 Å². The van der Waals surface area contributed by atoms with Gasteiger partial charge in [-0.25, -0.2) is 0 Å². The van der Waals surface area contributed by atoms with Gasteiger partial charge >= 0.3 is 6.18 Å². The second-order valence-corrected chi connectivity index (χ2v) is 5.15. The van der Waals surface area contributed by atoms with Gasteiger partial charge in [-0.1, -0.05) is 13.3 Å². The van der Waals surface area contributed by atoms with E-state index in [1.807, 2.05) is 0 Å². The van der Waals surface area contributed by atoms with Crippen molar-refractivity contribution in [3.63, 3.8) is 0 Å². The molecule has 1 rings (SSSR count). The van der Waals surface area contributed by atoms with Gasteiger partial charge in [0.2, 0.25) is 5.91 Å². The summed E-state index contributed by atoms with van der Waals surface area (Å²) in [6.07, 6.45) is -2.43. The summed E-state index contributed by atoms with van der Waals surface area (Å²) in [5, 5.41) is 2.69. The molecule has 0 saturated heterocycles. The summed E-state index contributed by atoms with van der Waals surface area (Å²) in [5.74, 6) is -1.74. The van der Waals surface area contributed by atoms with Crippen LogP contribution in [-0.4, -0.2) is 25.2 Å². The molecular formula is C12H22ClF3N2O. The van der Waals surface area contributed by atoms with E-state index in [-0.39, 0.29) is 49.5 Å². The highest BCUT2D eigenvalue weighted by Crippen LogP contribution is 2.39. The third kappa shape index (κ3) is 5.99. The standard InChI is InChI=1S/C12H21F3N2O.ClH/c1-8(6-16)11(18)17-7-9-3-2-4-10(5-9)12(13,14)15;/h8-10H,2-7,16H2,1H3,(H,17,18);1H. The average molecular weight is 303 g/mol. The van der Waals surface area contributed by atoms with Crippen molar-refractivity contribution < 1.29 is 18.0 Å². The van der Waals surface area contributed by atoms with Crippen molar-refractivity contribution >= 4 is 18.3 Å². The number of carbonyl (C=O) groups is 1. The summed E-state index contributed by atoms with van der Waals surface area (Å²) >= 11 is 0. The van der Waals surface area contributed by atoms with Crippen molar-refractivity contribution in [2.24, 2.45) is 23.5 Å². The predicted octanol–water partition coefficient (Wildman–Crippen LogP) is 2.49. The van der Waals surface area contributed by atoms with Crippen molar-refractivity contribution in [1.82, 2.24) is 5.32 Å². The molecule has 0 aromatic rings. The summed E-state index contributed by atoms with van der Waals surface area (Å²) in [6.45, 7) is 2.28. The van der Waals surface area contributed by atoms with E-state index in [4.69, 9.17) is 5.73 Å². The molecule has 0 aliphatic heterocycles. The Morgan fingerprint density at radius 2 is 2.05 bits per heavy atom. The van der Waals surface area contributed by atoms with Gasteiger partial charge in [-0.15, -0.1) is 12.4 Å². The molecule has 7 heteroatoms. The van der Waals surface area contributed by atoms with Crippen LogP contribution in [0.4, 0.5) is 13.2 Å². The normalized spacial score (nSPS) is 25.3. The number of nitrogens with two attached hydrogens (primary N) is 1. The van der Waals surface area contributed by atoms with Crippen LogP contribution in [-0.2, 0) is 4.79 Å². The summed E-state index contributed by atoms with van der Waals surface area (Å²) in [7, 11) is 0. The molecule has 0 spiro atoms. The quantitative estimate of drug-likeness (QED) is 0.838. The van der Waals surface area contributed by atoms with Crippen molar-refractivity contribution in [3.05, 3.63) is 0 Å². The monoisotopic (exact) mass is 302 g/mol. The Hall–Kier alpha value is -0.490. The summed E-state index contributed by atoms with van der Waals surface area (Å²) in [4.78, 5) is 11.5. The maximum Gasteiger partial charge on any atom is 0.391 e. The van der Waals surface area contributed by atoms with Gasteiger partial charge in [0.05, 0.1) is 5.92 Å². The van der Waals surface area contributed by atoms with Gasteiger partial charge in [0, 0.05) is 19.0 Å². The second kappa shape index (κ2) is 7.94. The fourth-order valence-corrected chi connectivity index (χ4v) is 2.30. The number of amides is 1. The van der Waals surface area contributed by atoms with E-state index in [0.717, 1.165) is 6.42 Å². The molecule has 114 valence electrons. The minimum absolute atomic E-state index is 0. The lowest BCUT2D eigenvalue weighted by molar-refractivity contribution is -0.185. The van der Waals surface area contributed by atoms with E-state index in [1.165, 1.54) is 0 Å². The van der Waals surface area contributed by atoms with Crippen LogP contribution in [0.2, 0.25) is 0 Å². The van der Waals surface area contributed by atoms with Crippen molar-refractivity contribution in [3.8, 4) is 0 Å². The van der Waals surface area contributed by atoms with Gasteiger partial charge in [0.1, 0.15) is 0 Å². The second-order valence-electron chi connectivity index (χ2n) is 5.15. The van der Waals surface area contributed by atoms with Crippen LogP contribution in [0, 0.1) is 17.8 Å². The van der Waals surface area contributed by atoms with Gasteiger partial charge in [0.25, 0.3) is 0 Å². The van der Waals surface area contributed by atoms with Crippen LogP contribution < -0.4 is 11.1 Å². The Morgan fingerprint density at radius 3 is 2.58 bits per heavy atom. The van der Waals surface area contributed by atoms with Gasteiger partial charge < -0.3 is 11.1 Å². The van der Waals surface area contributed by atoms with Crippen LogP contribution >= 0.6 is 12.4 Å². The Labute approximate surface area is 117 Å². The highest BCUT2D eigenvalue weighted by atomic mass is 35.5. The first-order valence-electron chi connectivity index (χ1n) is 6.39. The van der Waals surface area contributed by atoms with Crippen LogP contribution in [0.1, 0.15) is 32.6 Å². The number of halogens is 4. The van der Waals surface area contributed by atoms with Gasteiger partial charge in [-0.3, -0.25) is 4.79 Å². The van der Waals surface area contributed by atoms with E-state index in [2.05, 4.69) is 5.32 Å². The van der Waals surface area contributed by atoms with Crippen molar-refractivity contribution in [2.45, 2.75) is 38.8 Å².